The Morgan fingerprint density at radius 2 is 1.73 bits per heavy atom. The lowest BCUT2D eigenvalue weighted by molar-refractivity contribution is 0.419. The summed E-state index contributed by atoms with van der Waals surface area (Å²) in [5.74, 6) is 0.858. The highest BCUT2D eigenvalue weighted by Crippen LogP contribution is 2.35. The van der Waals surface area contributed by atoms with Crippen molar-refractivity contribution in [2.45, 2.75) is 19.8 Å². The number of fused-ring (bicyclic) bond motifs is 1. The number of aromatic amines is 1. The van der Waals surface area contributed by atoms with Gasteiger partial charge in [0.2, 0.25) is 0 Å². The number of methoxy groups -OCH3 is 1. The van der Waals surface area contributed by atoms with E-state index in [2.05, 4.69) is 4.98 Å². The monoisotopic (exact) mass is 293 g/mol. The molecular formula is C19H19NO2. The highest BCUT2D eigenvalue weighted by molar-refractivity contribution is 6.00. The first-order valence-electron chi connectivity index (χ1n) is 7.41. The minimum absolute atomic E-state index is 0.0501. The number of benzene rings is 2. The van der Waals surface area contributed by atoms with E-state index in [0.29, 0.717) is 0 Å². The van der Waals surface area contributed by atoms with Crippen LogP contribution in [0.25, 0.3) is 22.0 Å². The van der Waals surface area contributed by atoms with Gasteiger partial charge in [0.25, 0.3) is 5.56 Å². The molecule has 0 radical (unpaired) electrons. The summed E-state index contributed by atoms with van der Waals surface area (Å²) in [6.45, 7) is 4.05. The van der Waals surface area contributed by atoms with Gasteiger partial charge in [-0.3, -0.25) is 4.79 Å². The highest BCUT2D eigenvalue weighted by atomic mass is 16.5. The molecular weight excluding hydrogens is 274 g/mol. The lowest BCUT2D eigenvalue weighted by atomic mass is 9.94. The quantitative estimate of drug-likeness (QED) is 0.781. The summed E-state index contributed by atoms with van der Waals surface area (Å²) in [6, 6.07) is 15.8. The van der Waals surface area contributed by atoms with Gasteiger partial charge in [-0.25, -0.2) is 0 Å². The second-order valence-corrected chi connectivity index (χ2v) is 5.65. The van der Waals surface area contributed by atoms with E-state index in [1.165, 1.54) is 0 Å². The number of rotatable bonds is 3. The molecule has 3 aromatic rings. The second kappa shape index (κ2) is 5.68. The van der Waals surface area contributed by atoms with Gasteiger partial charge in [0.05, 0.1) is 12.8 Å². The second-order valence-electron chi connectivity index (χ2n) is 5.65. The molecule has 3 nitrogen and oxygen atoms in total. The van der Waals surface area contributed by atoms with E-state index in [4.69, 9.17) is 4.74 Å². The van der Waals surface area contributed by atoms with Crippen molar-refractivity contribution in [2.75, 3.05) is 7.11 Å². The van der Waals surface area contributed by atoms with Crippen molar-refractivity contribution in [1.82, 2.24) is 4.98 Å². The number of H-pyrrole nitrogens is 1. The van der Waals surface area contributed by atoms with Crippen molar-refractivity contribution >= 4 is 10.8 Å². The van der Waals surface area contributed by atoms with Gasteiger partial charge in [0, 0.05) is 16.3 Å². The van der Waals surface area contributed by atoms with Crippen molar-refractivity contribution in [3.05, 3.63) is 64.4 Å². The Morgan fingerprint density at radius 3 is 2.36 bits per heavy atom. The smallest absolute Gasteiger partial charge is 0.252 e. The van der Waals surface area contributed by atoms with E-state index >= 15 is 0 Å². The molecule has 0 aliphatic carbocycles. The topological polar surface area (TPSA) is 42.1 Å². The van der Waals surface area contributed by atoms with Crippen LogP contribution in [-0.4, -0.2) is 12.1 Å². The van der Waals surface area contributed by atoms with Gasteiger partial charge in [-0.2, -0.15) is 0 Å². The number of aromatic nitrogens is 1. The molecule has 112 valence electrons. The standard InChI is InChI=1S/C19H19NO2/c1-12(2)16-17-14(10-7-11-15(17)22-3)18(20-19(16)21)13-8-5-4-6-9-13/h4-12H,1-3H3,(H,20,21). The van der Waals surface area contributed by atoms with E-state index in [-0.39, 0.29) is 11.5 Å². The van der Waals surface area contributed by atoms with Crippen LogP contribution in [0.15, 0.2) is 53.3 Å². The van der Waals surface area contributed by atoms with E-state index in [1.54, 1.807) is 7.11 Å². The molecule has 0 bridgehead atoms. The van der Waals surface area contributed by atoms with Gasteiger partial charge in [-0.05, 0) is 17.5 Å². The first kappa shape index (κ1) is 14.4. The molecule has 0 aliphatic rings. The summed E-state index contributed by atoms with van der Waals surface area (Å²) < 4.78 is 5.51. The van der Waals surface area contributed by atoms with Crippen molar-refractivity contribution < 1.29 is 4.74 Å². The predicted molar refractivity (Wildman–Crippen MR) is 90.6 cm³/mol. The van der Waals surface area contributed by atoms with Gasteiger partial charge in [0.15, 0.2) is 0 Å². The Hall–Kier alpha value is -2.55. The van der Waals surface area contributed by atoms with Crippen LogP contribution in [0.2, 0.25) is 0 Å². The Kier molecular flexibility index (Phi) is 3.72. The van der Waals surface area contributed by atoms with Crippen molar-refractivity contribution in [2.24, 2.45) is 0 Å². The lowest BCUT2D eigenvalue weighted by Gasteiger charge is -2.15. The fourth-order valence-electron chi connectivity index (χ4n) is 2.93. The molecule has 22 heavy (non-hydrogen) atoms. The number of hydrogen-bond donors (Lipinski definition) is 1. The average Bonchev–Trinajstić information content (AvgIpc) is 2.54. The van der Waals surface area contributed by atoms with Crippen LogP contribution < -0.4 is 10.3 Å². The van der Waals surface area contributed by atoms with Crippen LogP contribution in [0, 0.1) is 0 Å². The third-order valence-electron chi connectivity index (χ3n) is 3.91. The van der Waals surface area contributed by atoms with Gasteiger partial charge in [-0.15, -0.1) is 0 Å². The van der Waals surface area contributed by atoms with Crippen LogP contribution >= 0.6 is 0 Å². The number of nitrogens with one attached hydrogen (secondary N) is 1. The Morgan fingerprint density at radius 1 is 1.00 bits per heavy atom. The molecule has 0 aliphatic heterocycles. The fraction of sp³-hybridized carbons (Fsp3) is 0.211. The maximum Gasteiger partial charge on any atom is 0.252 e. The molecule has 0 atom stereocenters. The lowest BCUT2D eigenvalue weighted by Crippen LogP contribution is -2.16. The third kappa shape index (κ3) is 2.29. The molecule has 0 amide bonds. The predicted octanol–water partition coefficient (Wildman–Crippen LogP) is 4.33. The van der Waals surface area contributed by atoms with Gasteiger partial charge < -0.3 is 9.72 Å². The van der Waals surface area contributed by atoms with E-state index in [1.807, 2.05) is 62.4 Å². The summed E-state index contributed by atoms with van der Waals surface area (Å²) in [6.07, 6.45) is 0. The maximum atomic E-state index is 12.6. The van der Waals surface area contributed by atoms with Gasteiger partial charge in [0.1, 0.15) is 5.75 Å². The van der Waals surface area contributed by atoms with Gasteiger partial charge >= 0.3 is 0 Å². The molecule has 1 N–H and O–H groups in total. The van der Waals surface area contributed by atoms with Crippen LogP contribution in [0.3, 0.4) is 0 Å². The summed E-state index contributed by atoms with van der Waals surface area (Å²) in [5.41, 5.74) is 2.55. The number of hydrogen-bond acceptors (Lipinski definition) is 2. The molecule has 1 aromatic heterocycles. The normalized spacial score (nSPS) is 11.1. The van der Waals surface area contributed by atoms with E-state index < -0.39 is 0 Å². The molecule has 0 fully saturated rings. The highest BCUT2D eigenvalue weighted by Gasteiger charge is 2.17. The first-order chi connectivity index (χ1) is 10.6. The van der Waals surface area contributed by atoms with Crippen LogP contribution in [0.4, 0.5) is 0 Å². The van der Waals surface area contributed by atoms with Crippen molar-refractivity contribution in [1.29, 1.82) is 0 Å². The average molecular weight is 293 g/mol. The third-order valence-corrected chi connectivity index (χ3v) is 3.91. The summed E-state index contributed by atoms with van der Waals surface area (Å²) >= 11 is 0. The number of ether oxygens (including phenoxy) is 1. The largest absolute Gasteiger partial charge is 0.496 e. The first-order valence-corrected chi connectivity index (χ1v) is 7.41. The molecule has 3 heteroatoms. The summed E-state index contributed by atoms with van der Waals surface area (Å²) in [7, 11) is 1.64. The SMILES string of the molecule is COc1cccc2c(-c3ccccc3)[nH]c(=O)c(C(C)C)c12. The molecule has 0 saturated carbocycles. The van der Waals surface area contributed by atoms with Crippen molar-refractivity contribution in [3.63, 3.8) is 0 Å². The molecule has 0 spiro atoms. The Labute approximate surface area is 129 Å². The number of pyridine rings is 1. The van der Waals surface area contributed by atoms with E-state index in [9.17, 15) is 4.79 Å². The van der Waals surface area contributed by atoms with Crippen molar-refractivity contribution in [3.8, 4) is 17.0 Å². The van der Waals surface area contributed by atoms with Crippen LogP contribution in [-0.2, 0) is 0 Å². The maximum absolute atomic E-state index is 12.6. The zero-order valence-corrected chi connectivity index (χ0v) is 13.0. The van der Waals surface area contributed by atoms with Crippen LogP contribution in [0.1, 0.15) is 25.3 Å². The van der Waals surface area contributed by atoms with E-state index in [0.717, 1.165) is 33.3 Å². The zero-order valence-electron chi connectivity index (χ0n) is 13.0. The Bertz CT molecular complexity index is 864. The van der Waals surface area contributed by atoms with Crippen LogP contribution in [0.5, 0.6) is 5.75 Å². The minimum atomic E-state index is -0.0501. The van der Waals surface area contributed by atoms with Gasteiger partial charge in [-0.1, -0.05) is 56.3 Å². The summed E-state index contributed by atoms with van der Waals surface area (Å²) in [5, 5.41) is 1.91. The molecule has 0 unspecified atom stereocenters. The summed E-state index contributed by atoms with van der Waals surface area (Å²) in [4.78, 5) is 15.7. The Balaban J connectivity index is 2.48. The zero-order chi connectivity index (χ0) is 15.7. The molecule has 0 saturated heterocycles. The molecule has 2 aromatic carbocycles. The molecule has 1 heterocycles. The minimum Gasteiger partial charge on any atom is -0.496 e. The fourth-order valence-corrected chi connectivity index (χ4v) is 2.93. The molecule has 3 rings (SSSR count).